The molecular weight excluding hydrogens is 300 g/mol. The van der Waals surface area contributed by atoms with Crippen LogP contribution in [-0.2, 0) is 6.54 Å². The lowest BCUT2D eigenvalue weighted by Gasteiger charge is -2.55. The van der Waals surface area contributed by atoms with Gasteiger partial charge in [-0.2, -0.15) is 0 Å². The molecule has 5 nitrogen and oxygen atoms in total. The Morgan fingerprint density at radius 1 is 1.21 bits per heavy atom. The van der Waals surface area contributed by atoms with Gasteiger partial charge in [0.2, 0.25) is 0 Å². The number of benzene rings is 1. The normalized spacial score (nSPS) is 24.5. The van der Waals surface area contributed by atoms with E-state index >= 15 is 0 Å². The van der Waals surface area contributed by atoms with E-state index in [-0.39, 0.29) is 11.6 Å². The Kier molecular flexibility index (Phi) is 5.11. The molecule has 2 amide bonds. The summed E-state index contributed by atoms with van der Waals surface area (Å²) in [5.74, 6) is 0. The number of nitrogens with one attached hydrogen (secondary N) is 1. The van der Waals surface area contributed by atoms with Gasteiger partial charge in [-0.05, 0) is 26.0 Å². The Morgan fingerprint density at radius 3 is 2.67 bits per heavy atom. The van der Waals surface area contributed by atoms with E-state index in [4.69, 9.17) is 0 Å². The van der Waals surface area contributed by atoms with Crippen molar-refractivity contribution in [3.05, 3.63) is 35.9 Å². The van der Waals surface area contributed by atoms with E-state index in [0.717, 1.165) is 44.8 Å². The van der Waals surface area contributed by atoms with Crippen molar-refractivity contribution in [3.63, 3.8) is 0 Å². The van der Waals surface area contributed by atoms with E-state index in [9.17, 15) is 4.79 Å². The number of carbonyl (C=O) groups excluding carboxylic acids is 1. The molecule has 1 atom stereocenters. The van der Waals surface area contributed by atoms with Gasteiger partial charge >= 0.3 is 6.03 Å². The summed E-state index contributed by atoms with van der Waals surface area (Å²) in [6.07, 6.45) is 0. The molecule has 2 heterocycles. The van der Waals surface area contributed by atoms with Crippen LogP contribution in [0, 0.1) is 0 Å². The molecule has 2 saturated heterocycles. The fourth-order valence-corrected chi connectivity index (χ4v) is 4.08. The maximum Gasteiger partial charge on any atom is 0.317 e. The van der Waals surface area contributed by atoms with Crippen LogP contribution < -0.4 is 5.32 Å². The highest BCUT2D eigenvalue weighted by Crippen LogP contribution is 2.28. The fraction of sp³-hybridized carbons (Fsp3) is 0.632. The van der Waals surface area contributed by atoms with Crippen molar-refractivity contribution in [2.45, 2.75) is 38.9 Å². The molecule has 24 heavy (non-hydrogen) atoms. The van der Waals surface area contributed by atoms with E-state index in [1.807, 2.05) is 35.2 Å². The molecule has 3 rings (SSSR count). The summed E-state index contributed by atoms with van der Waals surface area (Å²) in [4.78, 5) is 19.8. The van der Waals surface area contributed by atoms with E-state index in [2.05, 4.69) is 35.9 Å². The lowest BCUT2D eigenvalue weighted by atomic mass is 9.93. The Bertz CT molecular complexity index is 560. The van der Waals surface area contributed by atoms with Crippen LogP contribution in [0.1, 0.15) is 26.3 Å². The van der Waals surface area contributed by atoms with Gasteiger partial charge in [0, 0.05) is 50.8 Å². The number of piperazine rings is 2. The van der Waals surface area contributed by atoms with Crippen LogP contribution in [-0.4, -0.2) is 71.6 Å². The van der Waals surface area contributed by atoms with Gasteiger partial charge in [0.1, 0.15) is 0 Å². The second kappa shape index (κ2) is 7.11. The zero-order valence-corrected chi connectivity index (χ0v) is 15.2. The molecule has 2 aliphatic heterocycles. The second-order valence-corrected chi connectivity index (χ2v) is 7.58. The number of fused-ring (bicyclic) bond motifs is 1. The number of hydrogen-bond acceptors (Lipinski definition) is 3. The quantitative estimate of drug-likeness (QED) is 0.921. The molecule has 2 fully saturated rings. The third-order valence-corrected chi connectivity index (χ3v) is 5.37. The minimum absolute atomic E-state index is 0.0346. The number of amides is 2. The van der Waals surface area contributed by atoms with Crippen molar-refractivity contribution in [2.75, 3.05) is 39.3 Å². The zero-order chi connectivity index (χ0) is 17.2. The number of hydrogen-bond donors (Lipinski definition) is 1. The maximum absolute atomic E-state index is 12.7. The van der Waals surface area contributed by atoms with Crippen LogP contribution in [0.3, 0.4) is 0 Å². The van der Waals surface area contributed by atoms with Crippen molar-refractivity contribution >= 4 is 6.03 Å². The van der Waals surface area contributed by atoms with Crippen molar-refractivity contribution < 1.29 is 4.79 Å². The molecule has 0 aliphatic carbocycles. The standard InChI is InChI=1S/C19H30N4O/c1-4-21-10-11-23-17(13-21)14-22(15-19(23,2)3)18(24)20-12-16-8-6-5-7-9-16/h5-9,17H,4,10-15H2,1-3H3,(H,20,24)/t17-/m0/s1. The number of urea groups is 1. The van der Waals surface area contributed by atoms with Crippen molar-refractivity contribution in [1.82, 2.24) is 20.0 Å². The summed E-state index contributed by atoms with van der Waals surface area (Å²) in [6, 6.07) is 10.6. The van der Waals surface area contributed by atoms with Gasteiger partial charge in [0.25, 0.3) is 0 Å². The summed E-state index contributed by atoms with van der Waals surface area (Å²) < 4.78 is 0. The Morgan fingerprint density at radius 2 is 1.96 bits per heavy atom. The van der Waals surface area contributed by atoms with Crippen molar-refractivity contribution in [1.29, 1.82) is 0 Å². The van der Waals surface area contributed by atoms with Gasteiger partial charge in [-0.3, -0.25) is 4.90 Å². The summed E-state index contributed by atoms with van der Waals surface area (Å²) in [7, 11) is 0. The fourth-order valence-electron chi connectivity index (χ4n) is 4.08. The first-order valence-electron chi connectivity index (χ1n) is 9.05. The SMILES string of the molecule is CCN1CCN2[C@@H](C1)CN(C(=O)NCc1ccccc1)CC2(C)C. The van der Waals surface area contributed by atoms with Crippen LogP contribution in [0.5, 0.6) is 0 Å². The van der Waals surface area contributed by atoms with Crippen molar-refractivity contribution in [2.24, 2.45) is 0 Å². The topological polar surface area (TPSA) is 38.8 Å². The van der Waals surface area contributed by atoms with E-state index < -0.39 is 0 Å². The van der Waals surface area contributed by atoms with Crippen LogP contribution in [0.4, 0.5) is 4.79 Å². The van der Waals surface area contributed by atoms with E-state index in [0.29, 0.717) is 12.6 Å². The largest absolute Gasteiger partial charge is 0.334 e. The monoisotopic (exact) mass is 330 g/mol. The molecule has 0 bridgehead atoms. The average Bonchev–Trinajstić information content (AvgIpc) is 2.59. The smallest absolute Gasteiger partial charge is 0.317 e. The molecule has 0 radical (unpaired) electrons. The van der Waals surface area contributed by atoms with E-state index in [1.165, 1.54) is 0 Å². The minimum Gasteiger partial charge on any atom is -0.334 e. The Hall–Kier alpha value is -1.59. The lowest BCUT2D eigenvalue weighted by molar-refractivity contribution is -0.0513. The highest BCUT2D eigenvalue weighted by Gasteiger charge is 2.43. The number of nitrogens with zero attached hydrogens (tertiary/aromatic N) is 3. The van der Waals surface area contributed by atoms with Crippen LogP contribution in [0.2, 0.25) is 0 Å². The molecule has 1 aromatic carbocycles. The predicted molar refractivity (Wildman–Crippen MR) is 96.9 cm³/mol. The second-order valence-electron chi connectivity index (χ2n) is 7.58. The first-order valence-corrected chi connectivity index (χ1v) is 9.05. The molecule has 1 N–H and O–H groups in total. The van der Waals surface area contributed by atoms with Crippen LogP contribution in [0.25, 0.3) is 0 Å². The van der Waals surface area contributed by atoms with Crippen molar-refractivity contribution in [3.8, 4) is 0 Å². The number of carbonyl (C=O) groups is 1. The van der Waals surface area contributed by atoms with Gasteiger partial charge < -0.3 is 15.1 Å². The molecule has 0 saturated carbocycles. The highest BCUT2D eigenvalue weighted by molar-refractivity contribution is 5.74. The summed E-state index contributed by atoms with van der Waals surface area (Å²) in [5.41, 5.74) is 1.17. The number of likely N-dealkylation sites (N-methyl/N-ethyl adjacent to an activating group) is 1. The first kappa shape index (κ1) is 17.2. The van der Waals surface area contributed by atoms with E-state index in [1.54, 1.807) is 0 Å². The third kappa shape index (κ3) is 3.73. The molecule has 1 aromatic rings. The summed E-state index contributed by atoms with van der Waals surface area (Å²) in [5, 5.41) is 3.08. The summed E-state index contributed by atoms with van der Waals surface area (Å²) in [6.45, 7) is 13.3. The molecule has 0 spiro atoms. The number of rotatable bonds is 3. The van der Waals surface area contributed by atoms with Gasteiger partial charge in [-0.1, -0.05) is 37.3 Å². The Balaban J connectivity index is 1.62. The first-order chi connectivity index (χ1) is 11.5. The van der Waals surface area contributed by atoms with Gasteiger partial charge in [-0.25, -0.2) is 4.79 Å². The maximum atomic E-state index is 12.7. The van der Waals surface area contributed by atoms with Gasteiger partial charge in [0.05, 0.1) is 0 Å². The van der Waals surface area contributed by atoms with Gasteiger partial charge in [-0.15, -0.1) is 0 Å². The van der Waals surface area contributed by atoms with Crippen LogP contribution in [0.15, 0.2) is 30.3 Å². The zero-order valence-electron chi connectivity index (χ0n) is 15.2. The molecule has 2 aliphatic rings. The molecule has 5 heteroatoms. The predicted octanol–water partition coefficient (Wildman–Crippen LogP) is 2.00. The van der Waals surface area contributed by atoms with Crippen LogP contribution >= 0.6 is 0 Å². The molecule has 0 unspecified atom stereocenters. The lowest BCUT2D eigenvalue weighted by Crippen LogP contribution is -2.70. The molecular formula is C19H30N4O. The average molecular weight is 330 g/mol. The highest BCUT2D eigenvalue weighted by atomic mass is 16.2. The Labute approximate surface area is 145 Å². The molecule has 132 valence electrons. The summed E-state index contributed by atoms with van der Waals surface area (Å²) >= 11 is 0. The third-order valence-electron chi connectivity index (χ3n) is 5.37. The van der Waals surface area contributed by atoms with Gasteiger partial charge in [0.15, 0.2) is 0 Å². The minimum atomic E-state index is 0.0346. The molecule has 0 aromatic heterocycles.